The Bertz CT molecular complexity index is 735. The van der Waals surface area contributed by atoms with Crippen LogP contribution in [0.3, 0.4) is 0 Å². The zero-order chi connectivity index (χ0) is 16.7. The number of benzene rings is 2. The van der Waals surface area contributed by atoms with Crippen LogP contribution in [0.4, 0.5) is 4.39 Å². The van der Waals surface area contributed by atoms with Gasteiger partial charge in [-0.3, -0.25) is 0 Å². The molecule has 0 aliphatic rings. The molecule has 6 heteroatoms. The Morgan fingerprint density at radius 2 is 1.91 bits per heavy atom. The molecule has 0 saturated heterocycles. The van der Waals surface area contributed by atoms with Gasteiger partial charge in [0.1, 0.15) is 29.7 Å². The summed E-state index contributed by atoms with van der Waals surface area (Å²) in [6, 6.07) is 13.2. The van der Waals surface area contributed by atoms with E-state index in [9.17, 15) is 4.39 Å². The Morgan fingerprint density at radius 3 is 2.57 bits per heavy atom. The van der Waals surface area contributed by atoms with E-state index in [4.69, 9.17) is 21.7 Å². The van der Waals surface area contributed by atoms with E-state index in [0.29, 0.717) is 17.9 Å². The van der Waals surface area contributed by atoms with Crippen LogP contribution in [0.25, 0.3) is 11.8 Å². The Labute approximate surface area is 133 Å². The SMILES string of the molecule is N=NC(=C(N)N)c1cccc(OC/C=C/c2ccc(F)cc2)c1. The highest BCUT2D eigenvalue weighted by atomic mass is 19.1. The zero-order valence-corrected chi connectivity index (χ0v) is 12.4. The third-order valence-corrected chi connectivity index (χ3v) is 3.02. The van der Waals surface area contributed by atoms with Crippen molar-refractivity contribution in [1.82, 2.24) is 0 Å². The highest BCUT2D eigenvalue weighted by molar-refractivity contribution is 5.67. The lowest BCUT2D eigenvalue weighted by Crippen LogP contribution is -2.10. The first-order valence-electron chi connectivity index (χ1n) is 6.88. The van der Waals surface area contributed by atoms with Gasteiger partial charge < -0.3 is 16.2 Å². The number of hydrogen-bond donors (Lipinski definition) is 3. The van der Waals surface area contributed by atoms with Gasteiger partial charge in [0.25, 0.3) is 0 Å². The monoisotopic (exact) mass is 312 g/mol. The standard InChI is InChI=1S/C17H17FN4O/c18-14-8-6-12(7-9-14)3-2-10-23-15-5-1-4-13(11-15)16(22-21)17(19)20/h1-9,11,21H,10,19-20H2/b3-2+,22-21?. The quantitative estimate of drug-likeness (QED) is 0.712. The topological polar surface area (TPSA) is 97.5 Å². The van der Waals surface area contributed by atoms with Gasteiger partial charge in [0.15, 0.2) is 0 Å². The van der Waals surface area contributed by atoms with Gasteiger partial charge in [0.2, 0.25) is 0 Å². The van der Waals surface area contributed by atoms with Crippen LogP contribution in [-0.4, -0.2) is 6.61 Å². The Kier molecular flexibility index (Phi) is 5.46. The summed E-state index contributed by atoms with van der Waals surface area (Å²) >= 11 is 0. The van der Waals surface area contributed by atoms with Gasteiger partial charge in [-0.2, -0.15) is 5.11 Å². The van der Waals surface area contributed by atoms with Crippen molar-refractivity contribution in [3.05, 3.63) is 77.4 Å². The van der Waals surface area contributed by atoms with Crippen LogP contribution < -0.4 is 16.2 Å². The average Bonchev–Trinajstić information content (AvgIpc) is 2.54. The van der Waals surface area contributed by atoms with Crippen molar-refractivity contribution in [3.8, 4) is 5.75 Å². The van der Waals surface area contributed by atoms with Crippen molar-refractivity contribution in [3.63, 3.8) is 0 Å². The van der Waals surface area contributed by atoms with E-state index in [-0.39, 0.29) is 17.3 Å². The molecule has 2 aromatic rings. The third-order valence-electron chi connectivity index (χ3n) is 3.02. The van der Waals surface area contributed by atoms with Gasteiger partial charge in [-0.05, 0) is 35.9 Å². The number of nitrogens with one attached hydrogen (secondary N) is 1. The van der Waals surface area contributed by atoms with Crippen LogP contribution >= 0.6 is 0 Å². The maximum atomic E-state index is 12.8. The van der Waals surface area contributed by atoms with Crippen molar-refractivity contribution >= 4 is 11.8 Å². The van der Waals surface area contributed by atoms with Gasteiger partial charge in [-0.1, -0.05) is 30.3 Å². The fourth-order valence-corrected chi connectivity index (χ4v) is 1.93. The van der Waals surface area contributed by atoms with E-state index in [2.05, 4.69) is 5.11 Å². The Hall–Kier alpha value is -3.15. The molecule has 0 spiro atoms. The zero-order valence-electron chi connectivity index (χ0n) is 12.4. The second-order valence-corrected chi connectivity index (χ2v) is 4.71. The molecular weight excluding hydrogens is 295 g/mol. The van der Waals surface area contributed by atoms with Gasteiger partial charge in [0.05, 0.1) is 0 Å². The molecule has 0 aliphatic carbocycles. The summed E-state index contributed by atoms with van der Waals surface area (Å²) in [5.41, 5.74) is 19.8. The normalized spacial score (nSPS) is 10.5. The maximum Gasteiger partial charge on any atom is 0.132 e. The Morgan fingerprint density at radius 1 is 1.17 bits per heavy atom. The van der Waals surface area contributed by atoms with Gasteiger partial charge in [-0.15, -0.1) is 0 Å². The fraction of sp³-hybridized carbons (Fsp3) is 0.0588. The lowest BCUT2D eigenvalue weighted by atomic mass is 10.1. The number of ether oxygens (including phenoxy) is 1. The molecule has 0 saturated carbocycles. The summed E-state index contributed by atoms with van der Waals surface area (Å²) in [5, 5.41) is 3.32. The molecule has 23 heavy (non-hydrogen) atoms. The molecule has 0 unspecified atom stereocenters. The molecule has 0 aliphatic heterocycles. The maximum absolute atomic E-state index is 12.8. The number of halogens is 1. The average molecular weight is 312 g/mol. The minimum absolute atomic E-state index is 0.0200. The molecule has 0 aromatic heterocycles. The molecular formula is C17H17FN4O. The number of hydrogen-bond acceptors (Lipinski definition) is 5. The van der Waals surface area contributed by atoms with E-state index in [1.165, 1.54) is 12.1 Å². The molecule has 0 heterocycles. The van der Waals surface area contributed by atoms with E-state index in [1.807, 2.05) is 12.2 Å². The minimum Gasteiger partial charge on any atom is -0.490 e. The fourth-order valence-electron chi connectivity index (χ4n) is 1.93. The van der Waals surface area contributed by atoms with Crippen LogP contribution in [0.15, 0.2) is 65.5 Å². The summed E-state index contributed by atoms with van der Waals surface area (Å²) < 4.78 is 18.4. The molecule has 5 nitrogen and oxygen atoms in total. The molecule has 0 amide bonds. The van der Waals surface area contributed by atoms with Crippen molar-refractivity contribution in [2.75, 3.05) is 6.61 Å². The van der Waals surface area contributed by atoms with E-state index in [1.54, 1.807) is 36.4 Å². The smallest absolute Gasteiger partial charge is 0.132 e. The first-order valence-corrected chi connectivity index (χ1v) is 6.88. The Balaban J connectivity index is 2.00. The number of rotatable bonds is 6. The second-order valence-electron chi connectivity index (χ2n) is 4.71. The predicted molar refractivity (Wildman–Crippen MR) is 87.8 cm³/mol. The molecule has 0 radical (unpaired) electrons. The lowest BCUT2D eigenvalue weighted by molar-refractivity contribution is 0.363. The van der Waals surface area contributed by atoms with Crippen molar-refractivity contribution in [2.45, 2.75) is 0 Å². The van der Waals surface area contributed by atoms with E-state index < -0.39 is 0 Å². The van der Waals surface area contributed by atoms with Crippen molar-refractivity contribution in [1.29, 1.82) is 5.53 Å². The molecule has 118 valence electrons. The van der Waals surface area contributed by atoms with Crippen LogP contribution in [0.5, 0.6) is 5.75 Å². The van der Waals surface area contributed by atoms with Crippen molar-refractivity contribution < 1.29 is 9.13 Å². The third kappa shape index (κ3) is 4.67. The molecule has 2 rings (SSSR count). The second kappa shape index (κ2) is 7.74. The van der Waals surface area contributed by atoms with Gasteiger partial charge in [-0.25, -0.2) is 9.92 Å². The van der Waals surface area contributed by atoms with Crippen LogP contribution in [0.1, 0.15) is 11.1 Å². The summed E-state index contributed by atoms with van der Waals surface area (Å²) in [5.74, 6) is 0.320. The molecule has 0 atom stereocenters. The lowest BCUT2D eigenvalue weighted by Gasteiger charge is -2.07. The first kappa shape index (κ1) is 16.2. The van der Waals surface area contributed by atoms with Crippen LogP contribution in [-0.2, 0) is 0 Å². The minimum atomic E-state index is -0.266. The van der Waals surface area contributed by atoms with Crippen molar-refractivity contribution in [2.24, 2.45) is 16.6 Å². The largest absolute Gasteiger partial charge is 0.490 e. The number of nitrogens with two attached hydrogens (primary N) is 2. The summed E-state index contributed by atoms with van der Waals surface area (Å²) in [6.07, 6.45) is 3.66. The van der Waals surface area contributed by atoms with E-state index >= 15 is 0 Å². The summed E-state index contributed by atoms with van der Waals surface area (Å²) in [6.45, 7) is 0.343. The molecule has 0 bridgehead atoms. The predicted octanol–water partition coefficient (Wildman–Crippen LogP) is 3.49. The van der Waals surface area contributed by atoms with E-state index in [0.717, 1.165) is 5.56 Å². The summed E-state index contributed by atoms with van der Waals surface area (Å²) in [4.78, 5) is 0. The molecule has 5 N–H and O–H groups in total. The highest BCUT2D eigenvalue weighted by Crippen LogP contribution is 2.21. The number of nitrogens with zero attached hydrogens (tertiary/aromatic N) is 1. The van der Waals surface area contributed by atoms with Crippen LogP contribution in [0, 0.1) is 11.3 Å². The first-order chi connectivity index (χ1) is 11.1. The van der Waals surface area contributed by atoms with Gasteiger partial charge >= 0.3 is 0 Å². The molecule has 0 fully saturated rings. The van der Waals surface area contributed by atoms with Crippen LogP contribution in [0.2, 0.25) is 0 Å². The summed E-state index contributed by atoms with van der Waals surface area (Å²) in [7, 11) is 0. The van der Waals surface area contributed by atoms with Gasteiger partial charge in [0, 0.05) is 5.56 Å². The highest BCUT2D eigenvalue weighted by Gasteiger charge is 2.05. The molecule has 2 aromatic carbocycles.